The van der Waals surface area contributed by atoms with E-state index in [2.05, 4.69) is 10.6 Å². The van der Waals surface area contributed by atoms with Crippen LogP contribution in [-0.4, -0.2) is 28.5 Å². The van der Waals surface area contributed by atoms with Gasteiger partial charge < -0.3 is 15.5 Å². The molecule has 2 N–H and O–H groups in total. The highest BCUT2D eigenvalue weighted by atomic mass is 19.1. The molecule has 1 aromatic heterocycles. The molecule has 0 saturated heterocycles. The van der Waals surface area contributed by atoms with Crippen molar-refractivity contribution in [2.75, 3.05) is 12.4 Å². The number of carbonyl (C=O) groups is 2. The highest BCUT2D eigenvalue weighted by Crippen LogP contribution is 2.28. The van der Waals surface area contributed by atoms with E-state index in [1.165, 1.54) is 46.0 Å². The summed E-state index contributed by atoms with van der Waals surface area (Å²) in [4.78, 5) is 39.1. The standard InChI is InChI=1S/C25H23FN4O3/c1-15-4-11-22(31)30(13-15)19-10-5-16(2)21(12-19)27-24(32)20-14-29(3)25(33)28-23(20)17-6-8-18(26)9-7-17/h4-14,23H,1-3H3,(H,27,32)(H,28,33). The van der Waals surface area contributed by atoms with Crippen LogP contribution in [0.2, 0.25) is 0 Å². The maximum atomic E-state index is 13.4. The third-order valence-electron chi connectivity index (χ3n) is 5.50. The van der Waals surface area contributed by atoms with E-state index in [9.17, 15) is 18.8 Å². The summed E-state index contributed by atoms with van der Waals surface area (Å²) in [5.41, 5.74) is 3.57. The predicted octanol–water partition coefficient (Wildman–Crippen LogP) is 3.81. The summed E-state index contributed by atoms with van der Waals surface area (Å²) in [7, 11) is 1.54. The zero-order valence-corrected chi connectivity index (χ0v) is 18.4. The van der Waals surface area contributed by atoms with Crippen molar-refractivity contribution in [1.29, 1.82) is 0 Å². The van der Waals surface area contributed by atoms with Gasteiger partial charge in [-0.3, -0.25) is 14.2 Å². The first-order valence-corrected chi connectivity index (χ1v) is 10.3. The number of hydrogen-bond donors (Lipinski definition) is 2. The van der Waals surface area contributed by atoms with Gasteiger partial charge in [-0.25, -0.2) is 9.18 Å². The fraction of sp³-hybridized carbons (Fsp3) is 0.160. The first-order valence-electron chi connectivity index (χ1n) is 10.3. The number of hydrogen-bond acceptors (Lipinski definition) is 3. The number of halogens is 1. The molecule has 0 spiro atoms. The molecule has 1 aliphatic rings. The number of rotatable bonds is 4. The fourth-order valence-electron chi connectivity index (χ4n) is 3.64. The van der Waals surface area contributed by atoms with Crippen molar-refractivity contribution >= 4 is 17.6 Å². The summed E-state index contributed by atoms with van der Waals surface area (Å²) in [6.45, 7) is 3.74. The van der Waals surface area contributed by atoms with Crippen molar-refractivity contribution in [3.8, 4) is 5.69 Å². The van der Waals surface area contributed by atoms with Crippen molar-refractivity contribution in [1.82, 2.24) is 14.8 Å². The Morgan fingerprint density at radius 3 is 2.48 bits per heavy atom. The lowest BCUT2D eigenvalue weighted by atomic mass is 9.97. The van der Waals surface area contributed by atoms with Crippen LogP contribution in [0.25, 0.3) is 5.69 Å². The second-order valence-corrected chi connectivity index (χ2v) is 8.00. The van der Waals surface area contributed by atoms with E-state index in [4.69, 9.17) is 0 Å². The monoisotopic (exact) mass is 446 g/mol. The number of urea groups is 1. The van der Waals surface area contributed by atoms with Gasteiger partial charge in [0.05, 0.1) is 17.3 Å². The maximum absolute atomic E-state index is 13.4. The van der Waals surface area contributed by atoms with Gasteiger partial charge in [-0.05, 0) is 54.8 Å². The van der Waals surface area contributed by atoms with Crippen LogP contribution >= 0.6 is 0 Å². The topological polar surface area (TPSA) is 83.4 Å². The third-order valence-corrected chi connectivity index (χ3v) is 5.50. The summed E-state index contributed by atoms with van der Waals surface area (Å²) in [6.07, 6.45) is 3.20. The molecule has 1 unspecified atom stereocenters. The van der Waals surface area contributed by atoms with Crippen LogP contribution in [-0.2, 0) is 4.79 Å². The Morgan fingerprint density at radius 2 is 1.76 bits per heavy atom. The van der Waals surface area contributed by atoms with Crippen molar-refractivity contribution in [2.45, 2.75) is 19.9 Å². The van der Waals surface area contributed by atoms with Gasteiger partial charge in [0.15, 0.2) is 0 Å². The first kappa shape index (κ1) is 22.0. The summed E-state index contributed by atoms with van der Waals surface area (Å²) < 4.78 is 14.9. The number of aryl methyl sites for hydroxylation is 2. The molecule has 0 radical (unpaired) electrons. The van der Waals surface area contributed by atoms with Crippen LogP contribution in [0.15, 0.2) is 77.4 Å². The summed E-state index contributed by atoms with van der Waals surface area (Å²) in [6, 6.07) is 13.1. The van der Waals surface area contributed by atoms with Crippen LogP contribution < -0.4 is 16.2 Å². The Labute approximate surface area is 190 Å². The van der Waals surface area contributed by atoms with Gasteiger partial charge in [0.25, 0.3) is 11.5 Å². The van der Waals surface area contributed by atoms with Gasteiger partial charge in [-0.2, -0.15) is 0 Å². The molecule has 1 aliphatic heterocycles. The number of nitrogens with zero attached hydrogens (tertiary/aromatic N) is 2. The number of carbonyl (C=O) groups excluding carboxylic acids is 2. The zero-order valence-electron chi connectivity index (χ0n) is 18.4. The average molecular weight is 446 g/mol. The number of nitrogens with one attached hydrogen (secondary N) is 2. The van der Waals surface area contributed by atoms with Gasteiger partial charge in [0.1, 0.15) is 5.82 Å². The van der Waals surface area contributed by atoms with Crippen molar-refractivity contribution in [2.24, 2.45) is 0 Å². The molecule has 7 nitrogen and oxygen atoms in total. The Kier molecular flexibility index (Phi) is 5.83. The van der Waals surface area contributed by atoms with E-state index in [0.717, 1.165) is 11.1 Å². The molecule has 0 fully saturated rings. The minimum atomic E-state index is -0.739. The molecule has 4 rings (SSSR count). The Bertz CT molecular complexity index is 1330. The lowest BCUT2D eigenvalue weighted by Gasteiger charge is -2.30. The second kappa shape index (κ2) is 8.74. The van der Waals surface area contributed by atoms with E-state index in [1.807, 2.05) is 19.9 Å². The number of anilines is 1. The van der Waals surface area contributed by atoms with E-state index in [1.54, 1.807) is 31.4 Å². The molecule has 33 heavy (non-hydrogen) atoms. The number of pyridine rings is 1. The Balaban J connectivity index is 1.68. The third kappa shape index (κ3) is 4.55. The van der Waals surface area contributed by atoms with E-state index < -0.39 is 17.8 Å². The highest BCUT2D eigenvalue weighted by Gasteiger charge is 2.30. The molecule has 1 atom stereocenters. The Morgan fingerprint density at radius 1 is 1.03 bits per heavy atom. The van der Waals surface area contributed by atoms with E-state index >= 15 is 0 Å². The lowest BCUT2D eigenvalue weighted by Crippen LogP contribution is -2.44. The van der Waals surface area contributed by atoms with Crippen LogP contribution in [0.4, 0.5) is 14.9 Å². The first-order chi connectivity index (χ1) is 15.7. The SMILES string of the molecule is Cc1ccc(=O)n(-c2ccc(C)c(NC(=O)C3=CN(C)C(=O)NC3c3ccc(F)cc3)c2)c1. The molecule has 3 amide bonds. The number of benzene rings is 2. The molecule has 3 aromatic rings. The fourth-order valence-corrected chi connectivity index (χ4v) is 3.64. The normalized spacial score (nSPS) is 15.6. The van der Waals surface area contributed by atoms with Gasteiger partial charge in [0.2, 0.25) is 0 Å². The summed E-state index contributed by atoms with van der Waals surface area (Å²) in [5, 5.41) is 5.67. The molecule has 2 heterocycles. The van der Waals surface area contributed by atoms with Gasteiger partial charge in [0, 0.05) is 31.2 Å². The quantitative estimate of drug-likeness (QED) is 0.639. The van der Waals surface area contributed by atoms with Crippen molar-refractivity contribution < 1.29 is 14.0 Å². The summed E-state index contributed by atoms with van der Waals surface area (Å²) >= 11 is 0. The van der Waals surface area contributed by atoms with E-state index in [-0.39, 0.29) is 11.6 Å². The van der Waals surface area contributed by atoms with Gasteiger partial charge in [-0.15, -0.1) is 0 Å². The van der Waals surface area contributed by atoms with Crippen molar-refractivity contribution in [3.05, 3.63) is 105 Å². The average Bonchev–Trinajstić information content (AvgIpc) is 2.79. The zero-order chi connectivity index (χ0) is 23.7. The molecular weight excluding hydrogens is 423 g/mol. The molecule has 8 heteroatoms. The largest absolute Gasteiger partial charge is 0.327 e. The van der Waals surface area contributed by atoms with E-state index in [0.29, 0.717) is 22.5 Å². The van der Waals surface area contributed by atoms with Crippen molar-refractivity contribution in [3.63, 3.8) is 0 Å². The minimum Gasteiger partial charge on any atom is -0.327 e. The lowest BCUT2D eigenvalue weighted by molar-refractivity contribution is -0.113. The molecular formula is C25H23FN4O3. The van der Waals surface area contributed by atoms with Gasteiger partial charge in [-0.1, -0.05) is 24.3 Å². The minimum absolute atomic E-state index is 0.183. The van der Waals surface area contributed by atoms with Crippen LogP contribution in [0.5, 0.6) is 0 Å². The summed E-state index contributed by atoms with van der Waals surface area (Å²) in [5.74, 6) is -0.833. The van der Waals surface area contributed by atoms with Gasteiger partial charge >= 0.3 is 6.03 Å². The number of aromatic nitrogens is 1. The molecule has 2 aromatic carbocycles. The highest BCUT2D eigenvalue weighted by molar-refractivity contribution is 6.06. The second-order valence-electron chi connectivity index (χ2n) is 8.00. The predicted molar refractivity (Wildman–Crippen MR) is 124 cm³/mol. The van der Waals surface area contributed by atoms with Crippen LogP contribution in [0.3, 0.4) is 0 Å². The number of amides is 3. The maximum Gasteiger partial charge on any atom is 0.321 e. The van der Waals surface area contributed by atoms with Crippen LogP contribution in [0.1, 0.15) is 22.7 Å². The molecule has 0 saturated carbocycles. The Hall–Kier alpha value is -4.20. The molecule has 168 valence electrons. The van der Waals surface area contributed by atoms with Crippen LogP contribution in [0, 0.1) is 19.7 Å². The smallest absolute Gasteiger partial charge is 0.321 e. The molecule has 0 aliphatic carbocycles. The molecule has 0 bridgehead atoms.